The average Bonchev–Trinajstić information content (AvgIpc) is 3.06. The van der Waals surface area contributed by atoms with Gasteiger partial charge in [0, 0.05) is 0 Å². The summed E-state index contributed by atoms with van der Waals surface area (Å²) >= 11 is -3.47. The van der Waals surface area contributed by atoms with Crippen LogP contribution in [0.4, 0.5) is 34.1 Å². The predicted molar refractivity (Wildman–Crippen MR) is 240 cm³/mol. The van der Waals surface area contributed by atoms with Gasteiger partial charge in [-0.25, -0.2) is 0 Å². The minimum absolute atomic E-state index is 0.0634. The summed E-state index contributed by atoms with van der Waals surface area (Å²) in [5.41, 5.74) is 14.2. The third-order valence-corrected chi connectivity index (χ3v) is 22.0. The van der Waals surface area contributed by atoms with E-state index in [1.807, 2.05) is 0 Å². The number of rotatable bonds is 2. The second-order valence-electron chi connectivity index (χ2n) is 21.9. The van der Waals surface area contributed by atoms with E-state index < -0.39 is 13.3 Å². The summed E-state index contributed by atoms with van der Waals surface area (Å²) in [4.78, 5) is 5.21. The van der Waals surface area contributed by atoms with E-state index in [0.29, 0.717) is 0 Å². The Morgan fingerprint density at radius 3 is 0.927 bits per heavy atom. The van der Waals surface area contributed by atoms with Crippen molar-refractivity contribution in [3.05, 3.63) is 113 Å². The third-order valence-electron chi connectivity index (χ3n) is 12.5. The van der Waals surface area contributed by atoms with Gasteiger partial charge in [0.25, 0.3) is 0 Å². The fraction of sp³-hybridized carbons (Fsp3) is 0.412. The van der Waals surface area contributed by atoms with Gasteiger partial charge in [-0.3, -0.25) is 0 Å². The molecule has 3 nitrogen and oxygen atoms in total. The molecule has 0 saturated heterocycles. The molecule has 0 fully saturated rings. The summed E-state index contributed by atoms with van der Waals surface area (Å²) in [5.74, 6) is 4.76. The summed E-state index contributed by atoms with van der Waals surface area (Å²) in [7, 11) is 0. The van der Waals surface area contributed by atoms with Crippen molar-refractivity contribution >= 4 is 60.6 Å². The fourth-order valence-corrected chi connectivity index (χ4v) is 19.0. The minimum atomic E-state index is -3.47. The van der Waals surface area contributed by atoms with E-state index in [1.54, 1.807) is 0 Å². The van der Waals surface area contributed by atoms with Crippen LogP contribution in [0.25, 0.3) is 0 Å². The van der Waals surface area contributed by atoms with E-state index in [4.69, 9.17) is 4.74 Å². The molecule has 0 atom stereocenters. The van der Waals surface area contributed by atoms with Crippen molar-refractivity contribution in [1.82, 2.24) is 0 Å². The molecule has 4 heteroatoms. The number of benzene rings is 5. The standard InChI is InChI=1S/C51H62GeN2O/c1-47(2,3)31-17-21-36(22-18-31)53-38-25-33(49(7,8)9)26-39-44(38)52(16)45-40(53)27-34(50(10,11)12)29-42(45)55-43-30-35(51(13,14)15)28-41(46(43)52)54(39)37-23-19-32(20-24-37)48(4,5)6/h17-30H,1-16H3. The zero-order valence-corrected chi connectivity index (χ0v) is 38.5. The molecule has 286 valence electrons. The van der Waals surface area contributed by atoms with Crippen LogP contribution in [0.2, 0.25) is 5.76 Å². The first-order valence-corrected chi connectivity index (χ1v) is 25.6. The Morgan fingerprint density at radius 2 is 0.636 bits per heavy atom. The van der Waals surface area contributed by atoms with Gasteiger partial charge in [-0.1, -0.05) is 0 Å². The van der Waals surface area contributed by atoms with Gasteiger partial charge in [-0.2, -0.15) is 0 Å². The van der Waals surface area contributed by atoms with Gasteiger partial charge in [0.1, 0.15) is 0 Å². The molecule has 3 aliphatic heterocycles. The molecule has 0 bridgehead atoms. The molecule has 0 unspecified atom stereocenters. The third kappa shape index (κ3) is 5.89. The second kappa shape index (κ2) is 11.8. The first-order chi connectivity index (χ1) is 25.3. The van der Waals surface area contributed by atoms with Crippen LogP contribution in [0.3, 0.4) is 0 Å². The van der Waals surface area contributed by atoms with Gasteiger partial charge < -0.3 is 0 Å². The Bertz CT molecular complexity index is 2210. The Morgan fingerprint density at radius 1 is 0.364 bits per heavy atom. The van der Waals surface area contributed by atoms with Crippen LogP contribution in [0.1, 0.15) is 132 Å². The second-order valence-corrected chi connectivity index (χ2v) is 29.7. The number of hydrogen-bond donors (Lipinski definition) is 0. The summed E-state index contributed by atoms with van der Waals surface area (Å²) in [6, 6.07) is 33.6. The molecule has 0 aliphatic carbocycles. The molecule has 0 saturated carbocycles. The van der Waals surface area contributed by atoms with Crippen molar-refractivity contribution in [2.45, 2.75) is 137 Å². The zero-order valence-electron chi connectivity index (χ0n) is 36.4. The molecule has 3 heterocycles. The first kappa shape index (κ1) is 37.9. The maximum atomic E-state index is 7.35. The van der Waals surface area contributed by atoms with Crippen LogP contribution in [0.5, 0.6) is 11.5 Å². The van der Waals surface area contributed by atoms with Crippen molar-refractivity contribution in [3.8, 4) is 11.5 Å². The molecular formula is C51H62GeN2O. The summed E-state index contributed by atoms with van der Waals surface area (Å²) in [6.45, 7) is 34.9. The van der Waals surface area contributed by atoms with Gasteiger partial charge in [0.2, 0.25) is 0 Å². The van der Waals surface area contributed by atoms with E-state index in [1.165, 1.54) is 75.1 Å². The normalized spacial score (nSPS) is 15.9. The molecule has 55 heavy (non-hydrogen) atoms. The molecule has 5 aromatic rings. The summed E-state index contributed by atoms with van der Waals surface area (Å²) in [6.07, 6.45) is 0. The van der Waals surface area contributed by atoms with Crippen molar-refractivity contribution < 1.29 is 4.74 Å². The maximum absolute atomic E-state index is 7.35. The molecule has 0 aromatic heterocycles. The Balaban J connectivity index is 1.55. The van der Waals surface area contributed by atoms with Gasteiger partial charge in [0.05, 0.1) is 0 Å². The van der Waals surface area contributed by atoms with Crippen LogP contribution in [0.15, 0.2) is 84.9 Å². The average molecular weight is 792 g/mol. The molecule has 3 aliphatic rings. The molecule has 0 spiro atoms. The molecule has 8 rings (SSSR count). The quantitative estimate of drug-likeness (QED) is 0.163. The number of nitrogens with zero attached hydrogens (tertiary/aromatic N) is 2. The Hall–Kier alpha value is -3.96. The van der Waals surface area contributed by atoms with Gasteiger partial charge in [-0.05, 0) is 0 Å². The Labute approximate surface area is 334 Å². The van der Waals surface area contributed by atoms with E-state index in [0.717, 1.165) is 11.5 Å². The van der Waals surface area contributed by atoms with Crippen LogP contribution in [-0.4, -0.2) is 13.3 Å². The number of anilines is 6. The summed E-state index contributed by atoms with van der Waals surface area (Å²) in [5, 5.41) is 0. The van der Waals surface area contributed by atoms with E-state index in [2.05, 4.69) is 204 Å². The van der Waals surface area contributed by atoms with E-state index in [9.17, 15) is 0 Å². The fourth-order valence-electron chi connectivity index (χ4n) is 9.03. The molecule has 0 radical (unpaired) electrons. The monoisotopic (exact) mass is 792 g/mol. The number of hydrogen-bond acceptors (Lipinski definition) is 3. The Kier molecular flexibility index (Phi) is 8.13. The van der Waals surface area contributed by atoms with Crippen LogP contribution >= 0.6 is 0 Å². The molecule has 0 N–H and O–H groups in total. The van der Waals surface area contributed by atoms with Gasteiger partial charge in [-0.15, -0.1) is 0 Å². The van der Waals surface area contributed by atoms with Crippen molar-refractivity contribution in [3.63, 3.8) is 0 Å². The molecule has 5 aromatic carbocycles. The van der Waals surface area contributed by atoms with Gasteiger partial charge in [0.15, 0.2) is 0 Å². The first-order valence-electron chi connectivity index (χ1n) is 20.4. The zero-order chi connectivity index (χ0) is 40.0. The van der Waals surface area contributed by atoms with Crippen LogP contribution in [0, 0.1) is 0 Å². The SMILES string of the molecule is CC(C)(C)c1ccc(N2c3cc(C(C)(C)C)cc4[c]3[Ge]3([CH3])[c]5c(cc(C(C)(C)C)cc5N(c5ccc(C(C)(C)C)cc5)c5cc(C(C)(C)C)cc2[c]53)O4)cc1. The predicted octanol–water partition coefficient (Wildman–Crippen LogP) is 12.9. The molecular weight excluding hydrogens is 729 g/mol. The topological polar surface area (TPSA) is 15.7 Å². The number of ether oxygens (including phenoxy) is 1. The van der Waals surface area contributed by atoms with Crippen molar-refractivity contribution in [1.29, 1.82) is 0 Å². The van der Waals surface area contributed by atoms with E-state index in [-0.39, 0.29) is 27.1 Å². The van der Waals surface area contributed by atoms with Crippen molar-refractivity contribution in [2.24, 2.45) is 0 Å². The van der Waals surface area contributed by atoms with Crippen molar-refractivity contribution in [2.75, 3.05) is 9.80 Å². The van der Waals surface area contributed by atoms with Crippen LogP contribution in [-0.2, 0) is 27.1 Å². The summed E-state index contributed by atoms with van der Waals surface area (Å²) < 4.78 is 11.7. The van der Waals surface area contributed by atoms with E-state index >= 15 is 0 Å². The van der Waals surface area contributed by atoms with Gasteiger partial charge >= 0.3 is 336 Å². The van der Waals surface area contributed by atoms with Crippen LogP contribution < -0.4 is 27.7 Å². The molecule has 0 amide bonds.